The van der Waals surface area contributed by atoms with E-state index in [1.807, 2.05) is 55.3 Å². The number of para-hydroxylation sites is 1. The molecule has 3 fully saturated rings. The SMILES string of the molecule is CC[C@H]1CN2CCc3c([nH]c4ccccc34)[C@](C(=O)OC)(c3cc4c(cc3OC)N(C)[C@H]3[C@@](O)(C(=O)OC)[C@H](C(=O)OC)[C@]5(CC)C=CCN6CC[C@@]43[C@@H]65)C[C@H](C2)[C@@H]1O. The first-order valence-electron chi connectivity index (χ1n) is 21.2. The van der Waals surface area contributed by atoms with Crippen LogP contribution in [0.25, 0.3) is 10.9 Å². The lowest BCUT2D eigenvalue weighted by atomic mass is 9.44. The smallest absolute Gasteiger partial charge is 0.341 e. The van der Waals surface area contributed by atoms with Crippen LogP contribution in [0.5, 0.6) is 5.75 Å². The van der Waals surface area contributed by atoms with Gasteiger partial charge in [0.15, 0.2) is 5.60 Å². The number of benzene rings is 2. The van der Waals surface area contributed by atoms with Gasteiger partial charge in [0.2, 0.25) is 0 Å². The molecule has 13 nitrogen and oxygen atoms in total. The monoisotopic (exact) mass is 810 g/mol. The van der Waals surface area contributed by atoms with Crippen molar-refractivity contribution in [3.05, 3.63) is 70.9 Å². The van der Waals surface area contributed by atoms with Gasteiger partial charge in [0.1, 0.15) is 17.1 Å². The molecule has 11 atom stereocenters. The Bertz CT molecular complexity index is 2240. The van der Waals surface area contributed by atoms with Crippen LogP contribution >= 0.6 is 0 Å². The number of nitrogens with zero attached hydrogens (tertiary/aromatic N) is 3. The summed E-state index contributed by atoms with van der Waals surface area (Å²) in [6.45, 7) is 7.54. The number of piperidine rings is 1. The summed E-state index contributed by atoms with van der Waals surface area (Å²) in [6.07, 6.45) is 6.10. The van der Waals surface area contributed by atoms with Crippen LogP contribution in [-0.4, -0.2) is 135 Å². The highest BCUT2D eigenvalue weighted by Gasteiger charge is 2.80. The van der Waals surface area contributed by atoms with E-state index in [2.05, 4.69) is 33.8 Å². The van der Waals surface area contributed by atoms with E-state index in [1.54, 1.807) is 7.11 Å². The molecule has 2 saturated heterocycles. The Morgan fingerprint density at radius 1 is 0.949 bits per heavy atom. The summed E-state index contributed by atoms with van der Waals surface area (Å²) >= 11 is 0. The molecule has 2 aromatic carbocycles. The molecule has 6 heterocycles. The van der Waals surface area contributed by atoms with Crippen LogP contribution in [0, 0.1) is 23.2 Å². The Labute approximate surface area is 345 Å². The summed E-state index contributed by atoms with van der Waals surface area (Å²) < 4.78 is 23.2. The molecule has 1 aliphatic carbocycles. The molecule has 2 bridgehead atoms. The maximum atomic E-state index is 15.3. The number of hydrogen-bond acceptors (Lipinski definition) is 12. The molecule has 6 aliphatic rings. The number of aromatic nitrogens is 1. The zero-order valence-corrected chi connectivity index (χ0v) is 35.2. The van der Waals surface area contributed by atoms with Crippen molar-refractivity contribution in [1.82, 2.24) is 14.8 Å². The quantitative estimate of drug-likeness (QED) is 0.181. The fourth-order valence-corrected chi connectivity index (χ4v) is 13.7. The molecule has 1 unspecified atom stereocenters. The van der Waals surface area contributed by atoms with E-state index >= 15 is 4.79 Å². The van der Waals surface area contributed by atoms with Gasteiger partial charge in [-0.3, -0.25) is 14.5 Å². The average molecular weight is 811 g/mol. The molecule has 316 valence electrons. The number of aliphatic hydroxyl groups is 2. The zero-order valence-electron chi connectivity index (χ0n) is 35.2. The molecule has 9 rings (SSSR count). The number of likely N-dealkylation sites (N-methyl/N-ethyl adjacent to an activating group) is 1. The summed E-state index contributed by atoms with van der Waals surface area (Å²) in [4.78, 5) is 54.4. The van der Waals surface area contributed by atoms with Gasteiger partial charge in [0.25, 0.3) is 0 Å². The minimum absolute atomic E-state index is 0.0273. The fourth-order valence-electron chi connectivity index (χ4n) is 13.7. The number of methoxy groups -OCH3 is 4. The molecular weight excluding hydrogens is 753 g/mol. The van der Waals surface area contributed by atoms with Crippen molar-refractivity contribution in [2.24, 2.45) is 23.2 Å². The third-order valence-electron chi connectivity index (χ3n) is 15.9. The number of esters is 3. The first kappa shape index (κ1) is 40.0. The highest BCUT2D eigenvalue weighted by atomic mass is 16.5. The van der Waals surface area contributed by atoms with Crippen molar-refractivity contribution in [3.63, 3.8) is 0 Å². The van der Waals surface area contributed by atoms with E-state index in [1.165, 1.54) is 21.3 Å². The molecular formula is C46H58N4O9. The number of hydrogen-bond donors (Lipinski definition) is 3. The molecule has 3 aromatic rings. The van der Waals surface area contributed by atoms with Crippen molar-refractivity contribution < 1.29 is 43.5 Å². The Hall–Kier alpha value is -4.43. The molecule has 0 amide bonds. The van der Waals surface area contributed by atoms with Gasteiger partial charge in [-0.25, -0.2) is 4.79 Å². The highest BCUT2D eigenvalue weighted by molar-refractivity contribution is 5.96. The number of nitrogens with one attached hydrogen (secondary N) is 1. The van der Waals surface area contributed by atoms with Crippen LogP contribution in [0.4, 0.5) is 5.69 Å². The number of carbonyl (C=O) groups is 3. The second-order valence-corrected chi connectivity index (χ2v) is 18.0. The van der Waals surface area contributed by atoms with Gasteiger partial charge >= 0.3 is 17.9 Å². The maximum absolute atomic E-state index is 15.3. The summed E-state index contributed by atoms with van der Waals surface area (Å²) in [7, 11) is 7.39. The summed E-state index contributed by atoms with van der Waals surface area (Å²) in [5.74, 6) is -3.18. The van der Waals surface area contributed by atoms with Crippen LogP contribution in [-0.2, 0) is 45.8 Å². The van der Waals surface area contributed by atoms with E-state index in [-0.39, 0.29) is 24.3 Å². The van der Waals surface area contributed by atoms with Crippen LogP contribution in [0.15, 0.2) is 48.6 Å². The average Bonchev–Trinajstić information content (AvgIpc) is 3.92. The molecule has 0 radical (unpaired) electrons. The first-order valence-corrected chi connectivity index (χ1v) is 21.2. The van der Waals surface area contributed by atoms with Gasteiger partial charge < -0.3 is 43.9 Å². The standard InChI is InChI=1S/C46H58N4O9/c1-8-26-24-49-19-15-29-28-13-10-11-14-32(28)47-37(29)45(41(53)58-6,23-27(25-49)35(26)51)31-21-30-33(22-34(31)56-4)48(3)40-44(30)17-20-50-18-12-16-43(9-2,39(44)50)36(38(52)57-5)46(40,55)42(54)59-7/h10-14,16,21-22,26-27,35-36,39-40,47,51,55H,8-9,15,17-20,23-25H2,1-7H3/t26-,27+,35+,36+,39-,40+,43-,44-,45+,46+/m0/s1. The van der Waals surface area contributed by atoms with E-state index in [9.17, 15) is 19.8 Å². The number of aliphatic hydroxyl groups excluding tert-OH is 1. The van der Waals surface area contributed by atoms with Gasteiger partial charge in [-0.2, -0.15) is 0 Å². The molecule has 59 heavy (non-hydrogen) atoms. The van der Waals surface area contributed by atoms with Crippen molar-refractivity contribution in [2.45, 2.75) is 80.6 Å². The normalized spacial score (nSPS) is 37.0. The third-order valence-corrected chi connectivity index (χ3v) is 15.9. The predicted octanol–water partition coefficient (Wildman–Crippen LogP) is 3.70. The number of rotatable bonds is 7. The Morgan fingerprint density at radius 2 is 1.71 bits per heavy atom. The molecule has 1 aromatic heterocycles. The van der Waals surface area contributed by atoms with E-state index in [4.69, 9.17) is 18.9 Å². The van der Waals surface area contributed by atoms with Gasteiger partial charge in [0.05, 0.1) is 40.6 Å². The van der Waals surface area contributed by atoms with Crippen molar-refractivity contribution in [2.75, 3.05) is 73.1 Å². The molecule has 5 aliphatic heterocycles. The van der Waals surface area contributed by atoms with Crippen LogP contribution < -0.4 is 9.64 Å². The van der Waals surface area contributed by atoms with Gasteiger partial charge in [-0.15, -0.1) is 0 Å². The number of carbonyl (C=O) groups excluding carboxylic acids is 3. The minimum atomic E-state index is -2.35. The molecule has 1 saturated carbocycles. The van der Waals surface area contributed by atoms with Gasteiger partial charge in [-0.05, 0) is 73.7 Å². The fraction of sp³-hybridized carbons (Fsp3) is 0.587. The lowest BCUT2D eigenvalue weighted by molar-refractivity contribution is -0.209. The first-order chi connectivity index (χ1) is 28.4. The van der Waals surface area contributed by atoms with Crippen LogP contribution in [0.2, 0.25) is 0 Å². The van der Waals surface area contributed by atoms with Crippen molar-refractivity contribution >= 4 is 34.5 Å². The second-order valence-electron chi connectivity index (χ2n) is 18.0. The van der Waals surface area contributed by atoms with Gasteiger partial charge in [-0.1, -0.05) is 44.2 Å². The second kappa shape index (κ2) is 14.1. The maximum Gasteiger partial charge on any atom is 0.341 e. The molecule has 3 N–H and O–H groups in total. The number of H-pyrrole nitrogens is 1. The Morgan fingerprint density at radius 3 is 2.41 bits per heavy atom. The van der Waals surface area contributed by atoms with E-state index < -0.39 is 57.8 Å². The highest BCUT2D eigenvalue weighted by Crippen LogP contribution is 2.69. The topological polar surface area (TPSA) is 154 Å². The van der Waals surface area contributed by atoms with Crippen molar-refractivity contribution in [1.29, 1.82) is 0 Å². The lowest BCUT2D eigenvalue weighted by Crippen LogP contribution is -2.80. The van der Waals surface area contributed by atoms with Gasteiger partial charge in [0, 0.05) is 84.0 Å². The number of fused-ring (bicyclic) bond motifs is 6. The predicted molar refractivity (Wildman–Crippen MR) is 220 cm³/mol. The zero-order chi connectivity index (χ0) is 41.8. The minimum Gasteiger partial charge on any atom is -0.496 e. The summed E-state index contributed by atoms with van der Waals surface area (Å²) in [5.41, 5.74) is -1.00. The molecule has 13 heteroatoms. The van der Waals surface area contributed by atoms with Crippen molar-refractivity contribution in [3.8, 4) is 5.75 Å². The Balaban J connectivity index is 1.37. The lowest BCUT2D eigenvalue weighted by Gasteiger charge is -2.63. The number of aromatic amines is 1. The summed E-state index contributed by atoms with van der Waals surface area (Å²) in [5, 5.41) is 26.5. The van der Waals surface area contributed by atoms with Crippen LogP contribution in [0.3, 0.4) is 0 Å². The molecule has 1 spiro atoms. The summed E-state index contributed by atoms with van der Waals surface area (Å²) in [6, 6.07) is 10.8. The Kier molecular flexibility index (Phi) is 9.54. The number of anilines is 1. The number of ether oxygens (including phenoxy) is 4. The third kappa shape index (κ3) is 5.01. The van der Waals surface area contributed by atoms with E-state index in [0.717, 1.165) is 52.9 Å². The van der Waals surface area contributed by atoms with E-state index in [0.29, 0.717) is 50.2 Å². The van der Waals surface area contributed by atoms with Crippen LogP contribution in [0.1, 0.15) is 61.9 Å². The largest absolute Gasteiger partial charge is 0.496 e.